The van der Waals surface area contributed by atoms with E-state index >= 15 is 0 Å². The minimum absolute atomic E-state index is 0.419. The number of nitrogens with one attached hydrogen (secondary N) is 1. The molecule has 0 aromatic rings. The summed E-state index contributed by atoms with van der Waals surface area (Å²) in [5, 5.41) is 3.35. The first-order valence-corrected chi connectivity index (χ1v) is 6.16. The van der Waals surface area contributed by atoms with Crippen molar-refractivity contribution in [1.82, 2.24) is 10.2 Å². The molecule has 0 spiro atoms. The van der Waals surface area contributed by atoms with E-state index in [4.69, 9.17) is 4.74 Å². The van der Waals surface area contributed by atoms with Crippen LogP contribution in [0.1, 0.15) is 19.3 Å². The molecule has 0 radical (unpaired) electrons. The molecule has 4 heteroatoms. The number of hydrogen-bond acceptors (Lipinski definition) is 4. The summed E-state index contributed by atoms with van der Waals surface area (Å²) in [6.45, 7) is 7.57. The van der Waals surface area contributed by atoms with E-state index in [1.54, 1.807) is 0 Å². The molecule has 3 aliphatic rings. The first-order valence-electron chi connectivity index (χ1n) is 6.16. The molecular weight excluding hydrogens is 202 g/mol. The van der Waals surface area contributed by atoms with E-state index in [0.717, 1.165) is 37.7 Å². The Hall–Kier alpha value is -1.03. The van der Waals surface area contributed by atoms with Gasteiger partial charge >= 0.3 is 0 Å². The number of ether oxygens (including phenoxy) is 1. The molecule has 2 saturated heterocycles. The summed E-state index contributed by atoms with van der Waals surface area (Å²) in [7, 11) is 0. The molecule has 0 amide bonds. The molecule has 0 aliphatic carbocycles. The van der Waals surface area contributed by atoms with Gasteiger partial charge in [-0.2, -0.15) is 0 Å². The lowest BCUT2D eigenvalue weighted by Gasteiger charge is -2.43. The maximum atomic E-state index is 5.92. The van der Waals surface area contributed by atoms with Gasteiger partial charge in [-0.1, -0.05) is 6.58 Å². The van der Waals surface area contributed by atoms with E-state index in [1.807, 2.05) is 0 Å². The Kier molecular flexibility index (Phi) is 2.59. The number of fused-ring (bicyclic) bond motifs is 2. The summed E-state index contributed by atoms with van der Waals surface area (Å²) in [4.78, 5) is 6.89. The molecule has 1 N–H and O–H groups in total. The fraction of sp³-hybridized carbons (Fsp3) is 0.750. The van der Waals surface area contributed by atoms with Gasteiger partial charge in [-0.15, -0.1) is 0 Å². The first-order chi connectivity index (χ1) is 7.81. The second-order valence-corrected chi connectivity index (χ2v) is 4.96. The smallest absolute Gasteiger partial charge is 0.194 e. The topological polar surface area (TPSA) is 36.9 Å². The summed E-state index contributed by atoms with van der Waals surface area (Å²) >= 11 is 0. The predicted molar refractivity (Wildman–Crippen MR) is 63.5 cm³/mol. The van der Waals surface area contributed by atoms with Crippen LogP contribution >= 0.6 is 0 Å². The average Bonchev–Trinajstić information content (AvgIpc) is 2.29. The third-order valence-electron chi connectivity index (χ3n) is 3.53. The van der Waals surface area contributed by atoms with Crippen LogP contribution in [0.15, 0.2) is 17.1 Å². The van der Waals surface area contributed by atoms with E-state index in [2.05, 4.69) is 21.8 Å². The van der Waals surface area contributed by atoms with Crippen molar-refractivity contribution in [3.8, 4) is 0 Å². The quantitative estimate of drug-likeness (QED) is 0.613. The molecular formula is C12H19N3O. The van der Waals surface area contributed by atoms with Crippen LogP contribution in [-0.2, 0) is 4.74 Å². The lowest BCUT2D eigenvalue weighted by atomic mass is 10.00. The van der Waals surface area contributed by atoms with Gasteiger partial charge in [0.1, 0.15) is 0 Å². The summed E-state index contributed by atoms with van der Waals surface area (Å²) in [5.74, 6) is 1.05. The molecule has 0 aromatic heterocycles. The van der Waals surface area contributed by atoms with E-state index in [1.165, 1.54) is 19.3 Å². The normalized spacial score (nSPS) is 34.4. The molecule has 3 heterocycles. The zero-order valence-electron chi connectivity index (χ0n) is 9.61. The lowest BCUT2D eigenvalue weighted by molar-refractivity contribution is -0.0978. The Labute approximate surface area is 96.4 Å². The highest BCUT2D eigenvalue weighted by Gasteiger charge is 2.32. The Balaban J connectivity index is 1.69. The van der Waals surface area contributed by atoms with Gasteiger partial charge in [0.2, 0.25) is 0 Å². The number of hydrogen-bond donors (Lipinski definition) is 1. The van der Waals surface area contributed by atoms with Gasteiger partial charge in [0.15, 0.2) is 5.96 Å². The molecule has 16 heavy (non-hydrogen) atoms. The van der Waals surface area contributed by atoms with Crippen molar-refractivity contribution in [2.24, 2.45) is 4.99 Å². The van der Waals surface area contributed by atoms with Crippen molar-refractivity contribution in [2.45, 2.75) is 31.5 Å². The van der Waals surface area contributed by atoms with Crippen molar-refractivity contribution < 1.29 is 4.74 Å². The van der Waals surface area contributed by atoms with Gasteiger partial charge in [-0.3, -0.25) is 0 Å². The minimum Gasteiger partial charge on any atom is -0.371 e. The highest BCUT2D eigenvalue weighted by atomic mass is 16.5. The SMILES string of the molecule is C=C1CN=C(N2CC3CCCC(C2)O3)NC1. The third kappa shape index (κ3) is 1.94. The highest BCUT2D eigenvalue weighted by Crippen LogP contribution is 2.25. The van der Waals surface area contributed by atoms with Crippen LogP contribution in [0.5, 0.6) is 0 Å². The number of guanidine groups is 1. The Morgan fingerprint density at radius 3 is 2.69 bits per heavy atom. The summed E-state index contributed by atoms with van der Waals surface area (Å²) < 4.78 is 5.92. The molecule has 2 atom stereocenters. The Morgan fingerprint density at radius 1 is 1.31 bits per heavy atom. The monoisotopic (exact) mass is 221 g/mol. The van der Waals surface area contributed by atoms with Crippen LogP contribution in [0.25, 0.3) is 0 Å². The minimum atomic E-state index is 0.419. The van der Waals surface area contributed by atoms with Crippen LogP contribution in [0, 0.1) is 0 Å². The van der Waals surface area contributed by atoms with Gasteiger partial charge < -0.3 is 15.0 Å². The van der Waals surface area contributed by atoms with E-state index in [9.17, 15) is 0 Å². The standard InChI is InChI=1S/C12H19N3O/c1-9-5-13-12(14-6-9)15-7-10-3-2-4-11(8-15)16-10/h10-11H,1-8H2,(H,13,14). The number of likely N-dealkylation sites (tertiary alicyclic amines) is 1. The number of nitrogens with zero attached hydrogens (tertiary/aromatic N) is 2. The highest BCUT2D eigenvalue weighted by molar-refractivity contribution is 5.81. The van der Waals surface area contributed by atoms with Gasteiger partial charge in [-0.25, -0.2) is 4.99 Å². The first kappa shape index (κ1) is 10.1. The Morgan fingerprint density at radius 2 is 2.06 bits per heavy atom. The zero-order chi connectivity index (χ0) is 11.0. The average molecular weight is 221 g/mol. The summed E-state index contributed by atoms with van der Waals surface area (Å²) in [6.07, 6.45) is 4.56. The molecule has 0 aromatic carbocycles. The molecule has 0 saturated carbocycles. The summed E-state index contributed by atoms with van der Waals surface area (Å²) in [5.41, 5.74) is 1.16. The van der Waals surface area contributed by atoms with Gasteiger partial charge in [0.25, 0.3) is 0 Å². The van der Waals surface area contributed by atoms with E-state index < -0.39 is 0 Å². The molecule has 2 bridgehead atoms. The number of aliphatic imine (C=N–C) groups is 1. The van der Waals surface area contributed by atoms with Crippen molar-refractivity contribution in [2.75, 3.05) is 26.2 Å². The fourth-order valence-corrected chi connectivity index (χ4v) is 2.70. The zero-order valence-corrected chi connectivity index (χ0v) is 9.61. The van der Waals surface area contributed by atoms with Crippen molar-refractivity contribution in [1.29, 1.82) is 0 Å². The van der Waals surface area contributed by atoms with Gasteiger partial charge in [0, 0.05) is 19.6 Å². The molecule has 2 unspecified atom stereocenters. The molecule has 4 nitrogen and oxygen atoms in total. The molecule has 3 rings (SSSR count). The van der Waals surface area contributed by atoms with Crippen LogP contribution in [0.4, 0.5) is 0 Å². The van der Waals surface area contributed by atoms with E-state index in [-0.39, 0.29) is 0 Å². The number of rotatable bonds is 0. The van der Waals surface area contributed by atoms with Crippen molar-refractivity contribution in [3.63, 3.8) is 0 Å². The van der Waals surface area contributed by atoms with Crippen LogP contribution in [-0.4, -0.2) is 49.2 Å². The Bertz CT molecular complexity index is 314. The van der Waals surface area contributed by atoms with E-state index in [0.29, 0.717) is 12.2 Å². The maximum Gasteiger partial charge on any atom is 0.194 e. The van der Waals surface area contributed by atoms with Crippen LogP contribution in [0.3, 0.4) is 0 Å². The number of morpholine rings is 1. The molecule has 3 aliphatic heterocycles. The largest absolute Gasteiger partial charge is 0.371 e. The third-order valence-corrected chi connectivity index (χ3v) is 3.53. The molecule has 88 valence electrons. The molecule has 2 fully saturated rings. The summed E-state index contributed by atoms with van der Waals surface area (Å²) in [6, 6.07) is 0. The second kappa shape index (κ2) is 4.09. The lowest BCUT2D eigenvalue weighted by Crippen LogP contribution is -2.56. The fourth-order valence-electron chi connectivity index (χ4n) is 2.70. The van der Waals surface area contributed by atoms with Crippen LogP contribution < -0.4 is 5.32 Å². The van der Waals surface area contributed by atoms with Crippen molar-refractivity contribution in [3.05, 3.63) is 12.2 Å². The predicted octanol–water partition coefficient (Wildman–Crippen LogP) is 0.755. The second-order valence-electron chi connectivity index (χ2n) is 4.96. The van der Waals surface area contributed by atoms with Crippen LogP contribution in [0.2, 0.25) is 0 Å². The maximum absolute atomic E-state index is 5.92. The van der Waals surface area contributed by atoms with Gasteiger partial charge in [0.05, 0.1) is 18.8 Å². The van der Waals surface area contributed by atoms with Crippen molar-refractivity contribution >= 4 is 5.96 Å². The van der Waals surface area contributed by atoms with Gasteiger partial charge in [-0.05, 0) is 24.8 Å².